The molecule has 22 heavy (non-hydrogen) atoms. The first-order valence-electron chi connectivity index (χ1n) is 6.39. The molecule has 0 saturated carbocycles. The zero-order valence-electron chi connectivity index (χ0n) is 11.5. The Bertz CT molecular complexity index is 882. The third kappa shape index (κ3) is 2.69. The highest BCUT2D eigenvalue weighted by molar-refractivity contribution is 6.36. The molecule has 4 nitrogen and oxygen atoms in total. The van der Waals surface area contributed by atoms with Crippen LogP contribution in [0.15, 0.2) is 45.8 Å². The molecule has 0 fully saturated rings. The van der Waals surface area contributed by atoms with Gasteiger partial charge in [-0.15, -0.1) is 0 Å². The third-order valence-corrected chi connectivity index (χ3v) is 3.89. The number of benzene rings is 2. The Balaban J connectivity index is 2.09. The van der Waals surface area contributed by atoms with Crippen LogP contribution in [0, 0.1) is 18.3 Å². The number of hydrogen-bond donors (Lipinski definition) is 0. The lowest BCUT2D eigenvalue weighted by atomic mass is 10.2. The van der Waals surface area contributed by atoms with Crippen LogP contribution in [0.1, 0.15) is 11.5 Å². The fraction of sp³-hybridized carbons (Fsp3) is 0.0625. The Kier molecular flexibility index (Phi) is 3.84. The fourth-order valence-electron chi connectivity index (χ4n) is 1.92. The smallest absolute Gasteiger partial charge is 0.257 e. The average molecular weight is 330 g/mol. The number of halogens is 2. The van der Waals surface area contributed by atoms with Crippen molar-refractivity contribution >= 4 is 45.7 Å². The number of nitriles is 1. The van der Waals surface area contributed by atoms with E-state index >= 15 is 0 Å². The molecular weight excluding hydrogens is 321 g/mol. The summed E-state index contributed by atoms with van der Waals surface area (Å²) in [5.41, 5.74) is 2.56. The topological polar surface area (TPSA) is 62.2 Å². The normalized spacial score (nSPS) is 11.6. The van der Waals surface area contributed by atoms with Crippen molar-refractivity contribution in [3.05, 3.63) is 57.9 Å². The minimum Gasteiger partial charge on any atom is -0.434 e. The number of aliphatic imine (C=N–C) groups is 1. The zero-order valence-corrected chi connectivity index (χ0v) is 13.0. The molecule has 1 heterocycles. The molecule has 0 spiro atoms. The van der Waals surface area contributed by atoms with Crippen molar-refractivity contribution in [3.8, 4) is 6.07 Å². The van der Waals surface area contributed by atoms with Gasteiger partial charge >= 0.3 is 0 Å². The van der Waals surface area contributed by atoms with Gasteiger partial charge in [0, 0.05) is 10.0 Å². The summed E-state index contributed by atoms with van der Waals surface area (Å²) in [5.74, 6) is 0.163. The lowest BCUT2D eigenvalue weighted by Gasteiger charge is -2.02. The van der Waals surface area contributed by atoms with Crippen LogP contribution in [-0.4, -0.2) is 10.7 Å². The standard InChI is InChI=1S/C16H9Cl2N3O/c1-9-11(17)6-10(7-12(9)18)20-14(8-19)16-21-13-4-2-3-5-15(13)22-16/h2-7H,1H3. The van der Waals surface area contributed by atoms with Gasteiger partial charge in [-0.2, -0.15) is 5.26 Å². The molecule has 0 N–H and O–H groups in total. The number of nitrogens with zero attached hydrogens (tertiary/aromatic N) is 3. The van der Waals surface area contributed by atoms with Crippen LogP contribution >= 0.6 is 23.2 Å². The van der Waals surface area contributed by atoms with E-state index in [-0.39, 0.29) is 11.6 Å². The molecule has 0 radical (unpaired) electrons. The highest BCUT2D eigenvalue weighted by atomic mass is 35.5. The van der Waals surface area contributed by atoms with Crippen molar-refractivity contribution in [2.75, 3.05) is 0 Å². The van der Waals surface area contributed by atoms with Crippen LogP contribution < -0.4 is 0 Å². The van der Waals surface area contributed by atoms with Gasteiger partial charge in [-0.05, 0) is 36.8 Å². The van der Waals surface area contributed by atoms with E-state index in [9.17, 15) is 5.26 Å². The van der Waals surface area contributed by atoms with E-state index in [0.717, 1.165) is 5.56 Å². The molecule has 3 aromatic rings. The van der Waals surface area contributed by atoms with Crippen molar-refractivity contribution in [2.24, 2.45) is 4.99 Å². The first-order valence-corrected chi connectivity index (χ1v) is 7.14. The van der Waals surface area contributed by atoms with Crippen molar-refractivity contribution in [3.63, 3.8) is 0 Å². The van der Waals surface area contributed by atoms with Crippen molar-refractivity contribution in [1.82, 2.24) is 4.98 Å². The Labute approximate surface area is 136 Å². The first kappa shape index (κ1) is 14.6. The van der Waals surface area contributed by atoms with Gasteiger partial charge in [0.05, 0.1) is 5.69 Å². The number of oxazole rings is 1. The Morgan fingerprint density at radius 1 is 1.23 bits per heavy atom. The summed E-state index contributed by atoms with van der Waals surface area (Å²) in [6, 6.07) is 12.5. The molecule has 2 aromatic carbocycles. The second-order valence-corrected chi connectivity index (χ2v) is 5.41. The number of hydrogen-bond acceptors (Lipinski definition) is 4. The van der Waals surface area contributed by atoms with Crippen molar-refractivity contribution in [1.29, 1.82) is 5.26 Å². The van der Waals surface area contributed by atoms with Gasteiger partial charge in [0.25, 0.3) is 5.89 Å². The second kappa shape index (κ2) is 5.80. The monoisotopic (exact) mass is 329 g/mol. The maximum Gasteiger partial charge on any atom is 0.257 e. The van der Waals surface area contributed by atoms with Gasteiger partial charge in [0.15, 0.2) is 5.58 Å². The van der Waals surface area contributed by atoms with Crippen LogP contribution in [0.3, 0.4) is 0 Å². The SMILES string of the molecule is Cc1c(Cl)cc(N=C(C#N)c2nc3ccccc3o2)cc1Cl. The third-order valence-electron chi connectivity index (χ3n) is 3.11. The van der Waals surface area contributed by atoms with Gasteiger partial charge in [-0.25, -0.2) is 9.98 Å². The Morgan fingerprint density at radius 3 is 2.55 bits per heavy atom. The molecule has 0 aliphatic heterocycles. The van der Waals surface area contributed by atoms with Crippen LogP contribution in [-0.2, 0) is 0 Å². The summed E-state index contributed by atoms with van der Waals surface area (Å²) in [5, 5.41) is 10.3. The highest BCUT2D eigenvalue weighted by Crippen LogP contribution is 2.30. The molecule has 108 valence electrons. The van der Waals surface area contributed by atoms with Crippen LogP contribution in [0.5, 0.6) is 0 Å². The number of rotatable bonds is 2. The number of fused-ring (bicyclic) bond motifs is 1. The lowest BCUT2D eigenvalue weighted by molar-refractivity contribution is 0.591. The summed E-state index contributed by atoms with van der Waals surface area (Å²) in [7, 11) is 0. The van der Waals surface area contributed by atoms with Crippen LogP contribution in [0.25, 0.3) is 11.1 Å². The van der Waals surface area contributed by atoms with Gasteiger partial charge < -0.3 is 4.42 Å². The number of para-hydroxylation sites is 2. The molecular formula is C16H9Cl2N3O. The zero-order chi connectivity index (χ0) is 15.7. The molecule has 0 bridgehead atoms. The maximum absolute atomic E-state index is 9.31. The van der Waals surface area contributed by atoms with Gasteiger partial charge in [-0.1, -0.05) is 35.3 Å². The Morgan fingerprint density at radius 2 is 1.91 bits per heavy atom. The predicted octanol–water partition coefficient (Wildman–Crippen LogP) is 5.09. The first-order chi connectivity index (χ1) is 10.6. The highest BCUT2D eigenvalue weighted by Gasteiger charge is 2.13. The van der Waals surface area contributed by atoms with Gasteiger partial charge in [0.2, 0.25) is 5.71 Å². The van der Waals surface area contributed by atoms with Gasteiger partial charge in [0.1, 0.15) is 11.6 Å². The summed E-state index contributed by atoms with van der Waals surface area (Å²) in [6.07, 6.45) is 0. The maximum atomic E-state index is 9.31. The lowest BCUT2D eigenvalue weighted by Crippen LogP contribution is -1.96. The van der Waals surface area contributed by atoms with Crippen molar-refractivity contribution in [2.45, 2.75) is 6.92 Å². The van der Waals surface area contributed by atoms with Crippen LogP contribution in [0.2, 0.25) is 10.0 Å². The van der Waals surface area contributed by atoms with E-state index < -0.39 is 0 Å². The summed E-state index contributed by atoms with van der Waals surface area (Å²) < 4.78 is 5.55. The van der Waals surface area contributed by atoms with E-state index in [1.165, 1.54) is 0 Å². The predicted molar refractivity (Wildman–Crippen MR) is 87.0 cm³/mol. The van der Waals surface area contributed by atoms with E-state index in [1.807, 2.05) is 25.1 Å². The van der Waals surface area contributed by atoms with E-state index in [1.54, 1.807) is 24.3 Å². The summed E-state index contributed by atoms with van der Waals surface area (Å²) >= 11 is 12.2. The molecule has 0 unspecified atom stereocenters. The van der Waals surface area contributed by atoms with Crippen LogP contribution in [0.4, 0.5) is 5.69 Å². The molecule has 0 aliphatic carbocycles. The molecule has 0 atom stereocenters. The molecule has 0 aliphatic rings. The largest absolute Gasteiger partial charge is 0.434 e. The number of aromatic nitrogens is 1. The second-order valence-electron chi connectivity index (χ2n) is 4.59. The molecule has 1 aromatic heterocycles. The Hall–Kier alpha value is -2.35. The minimum absolute atomic E-state index is 0.0622. The summed E-state index contributed by atoms with van der Waals surface area (Å²) in [6.45, 7) is 1.81. The van der Waals surface area contributed by atoms with Gasteiger partial charge in [-0.3, -0.25) is 0 Å². The van der Waals surface area contributed by atoms with E-state index in [0.29, 0.717) is 26.8 Å². The van der Waals surface area contributed by atoms with E-state index in [4.69, 9.17) is 27.6 Å². The quantitative estimate of drug-likeness (QED) is 0.615. The molecule has 0 saturated heterocycles. The molecule has 6 heteroatoms. The van der Waals surface area contributed by atoms with Crippen molar-refractivity contribution < 1.29 is 4.42 Å². The van der Waals surface area contributed by atoms with E-state index in [2.05, 4.69) is 9.98 Å². The average Bonchev–Trinajstić information content (AvgIpc) is 2.93. The fourth-order valence-corrected chi connectivity index (χ4v) is 2.40. The molecule has 3 rings (SSSR count). The molecule has 0 amide bonds. The summed E-state index contributed by atoms with van der Waals surface area (Å²) in [4.78, 5) is 8.49. The minimum atomic E-state index is 0.0622.